The maximum atomic E-state index is 11.6. The highest BCUT2D eigenvalue weighted by atomic mass is 35.5. The third-order valence-electron chi connectivity index (χ3n) is 2.18. The maximum Gasteiger partial charge on any atom is 0.244 e. The average Bonchev–Trinajstić information content (AvgIpc) is 2.76. The van der Waals surface area contributed by atoms with Gasteiger partial charge in [-0.3, -0.25) is 4.79 Å². The van der Waals surface area contributed by atoms with Crippen molar-refractivity contribution in [3.05, 3.63) is 57.2 Å². The van der Waals surface area contributed by atoms with Crippen LogP contribution in [0, 0.1) is 0 Å². The van der Waals surface area contributed by atoms with Crippen LogP contribution in [0.2, 0.25) is 4.34 Å². The van der Waals surface area contributed by atoms with Crippen LogP contribution in [0.3, 0.4) is 0 Å². The lowest BCUT2D eigenvalue weighted by Crippen LogP contribution is -2.19. The third-order valence-corrected chi connectivity index (χ3v) is 3.35. The second kappa shape index (κ2) is 6.33. The fourth-order valence-corrected chi connectivity index (χ4v) is 2.32. The quantitative estimate of drug-likeness (QED) is 0.678. The highest BCUT2D eigenvalue weighted by Crippen LogP contribution is 2.19. The number of rotatable bonds is 4. The average molecular weight is 279 g/mol. The van der Waals surface area contributed by atoms with Crippen molar-refractivity contribution < 1.29 is 4.79 Å². The number of amides is 1. The van der Waals surface area contributed by atoms with Gasteiger partial charge in [-0.15, -0.1) is 11.3 Å². The predicted octanol–water partition coefficient (Wildman–Crippen LogP) is 3.09. The van der Waals surface area contributed by atoms with Gasteiger partial charge in [0.1, 0.15) is 0 Å². The molecule has 0 aliphatic rings. The zero-order valence-electron chi connectivity index (χ0n) is 9.47. The number of hydrogen-bond acceptors (Lipinski definition) is 3. The summed E-state index contributed by atoms with van der Waals surface area (Å²) >= 11 is 7.19. The van der Waals surface area contributed by atoms with Crippen LogP contribution in [0.25, 0.3) is 0 Å². The normalized spacial score (nSPS) is 10.7. The Labute approximate surface area is 114 Å². The summed E-state index contributed by atoms with van der Waals surface area (Å²) in [5, 5.41) is 3.88. The van der Waals surface area contributed by atoms with E-state index in [4.69, 9.17) is 11.6 Å². The van der Waals surface area contributed by atoms with E-state index in [0.717, 1.165) is 10.4 Å². The zero-order valence-corrected chi connectivity index (χ0v) is 11.0. The summed E-state index contributed by atoms with van der Waals surface area (Å²) in [4.78, 5) is 12.5. The van der Waals surface area contributed by atoms with Crippen LogP contribution in [0.1, 0.15) is 10.4 Å². The van der Waals surface area contributed by atoms with Gasteiger partial charge in [-0.2, -0.15) is 5.10 Å². The van der Waals surface area contributed by atoms with E-state index in [-0.39, 0.29) is 5.91 Å². The van der Waals surface area contributed by atoms with E-state index in [9.17, 15) is 4.79 Å². The van der Waals surface area contributed by atoms with Crippen LogP contribution in [-0.4, -0.2) is 12.1 Å². The minimum atomic E-state index is -0.139. The van der Waals surface area contributed by atoms with Crippen molar-refractivity contribution in [2.45, 2.75) is 6.42 Å². The van der Waals surface area contributed by atoms with Gasteiger partial charge in [0, 0.05) is 4.88 Å². The van der Waals surface area contributed by atoms with Crippen molar-refractivity contribution in [2.24, 2.45) is 5.10 Å². The molecule has 1 amide bonds. The van der Waals surface area contributed by atoms with Gasteiger partial charge in [0.25, 0.3) is 0 Å². The molecule has 0 saturated heterocycles. The highest BCUT2D eigenvalue weighted by molar-refractivity contribution is 7.17. The van der Waals surface area contributed by atoms with Crippen molar-refractivity contribution in [1.29, 1.82) is 0 Å². The summed E-state index contributed by atoms with van der Waals surface area (Å²) in [7, 11) is 0. The van der Waals surface area contributed by atoms with E-state index in [0.29, 0.717) is 10.8 Å². The van der Waals surface area contributed by atoms with Gasteiger partial charge in [0.15, 0.2) is 0 Å². The van der Waals surface area contributed by atoms with E-state index < -0.39 is 0 Å². The molecule has 2 aromatic rings. The SMILES string of the molecule is O=C(Cc1ccccc1)N/N=C/c1ccc(Cl)s1. The van der Waals surface area contributed by atoms with Gasteiger partial charge in [0.05, 0.1) is 17.0 Å². The third kappa shape index (κ3) is 3.98. The molecule has 5 heteroatoms. The lowest BCUT2D eigenvalue weighted by atomic mass is 10.1. The van der Waals surface area contributed by atoms with Crippen LogP contribution in [0.4, 0.5) is 0 Å². The van der Waals surface area contributed by atoms with Gasteiger partial charge in [0.2, 0.25) is 5.91 Å². The summed E-state index contributed by atoms with van der Waals surface area (Å²) in [6, 6.07) is 13.2. The lowest BCUT2D eigenvalue weighted by Gasteiger charge is -1.99. The Morgan fingerprint density at radius 3 is 2.72 bits per heavy atom. The zero-order chi connectivity index (χ0) is 12.8. The molecule has 0 unspecified atom stereocenters. The molecule has 1 heterocycles. The predicted molar refractivity (Wildman–Crippen MR) is 75.2 cm³/mol. The van der Waals surface area contributed by atoms with Gasteiger partial charge in [-0.1, -0.05) is 41.9 Å². The monoisotopic (exact) mass is 278 g/mol. The van der Waals surface area contributed by atoms with Crippen LogP contribution in [0.15, 0.2) is 47.6 Å². The summed E-state index contributed by atoms with van der Waals surface area (Å²) < 4.78 is 0.701. The molecular weight excluding hydrogens is 268 g/mol. The molecule has 0 aliphatic heterocycles. The van der Waals surface area contributed by atoms with Crippen LogP contribution < -0.4 is 5.43 Å². The number of thiophene rings is 1. The summed E-state index contributed by atoms with van der Waals surface area (Å²) in [6.07, 6.45) is 1.91. The Balaban J connectivity index is 1.83. The Hall–Kier alpha value is -1.65. The van der Waals surface area contributed by atoms with E-state index in [2.05, 4.69) is 10.5 Å². The maximum absolute atomic E-state index is 11.6. The van der Waals surface area contributed by atoms with Gasteiger partial charge in [-0.05, 0) is 17.7 Å². The second-order valence-corrected chi connectivity index (χ2v) is 5.34. The minimum absolute atomic E-state index is 0.139. The molecule has 0 saturated carbocycles. The molecule has 0 spiro atoms. The van der Waals surface area contributed by atoms with Gasteiger partial charge in [-0.25, -0.2) is 5.43 Å². The minimum Gasteiger partial charge on any atom is -0.273 e. The molecular formula is C13H11ClN2OS. The van der Waals surface area contributed by atoms with E-state index in [1.807, 2.05) is 36.4 Å². The topological polar surface area (TPSA) is 41.5 Å². The molecule has 0 bridgehead atoms. The number of nitrogens with one attached hydrogen (secondary N) is 1. The van der Waals surface area contributed by atoms with Crippen molar-refractivity contribution in [1.82, 2.24) is 5.43 Å². The van der Waals surface area contributed by atoms with E-state index >= 15 is 0 Å². The molecule has 2 rings (SSSR count). The smallest absolute Gasteiger partial charge is 0.244 e. The molecule has 92 valence electrons. The Kier molecular flexibility index (Phi) is 4.50. The molecule has 0 fully saturated rings. The highest BCUT2D eigenvalue weighted by Gasteiger charge is 2.00. The Morgan fingerprint density at radius 1 is 1.28 bits per heavy atom. The second-order valence-electron chi connectivity index (χ2n) is 3.60. The lowest BCUT2D eigenvalue weighted by molar-refractivity contribution is -0.120. The standard InChI is InChI=1S/C13H11ClN2OS/c14-12-7-6-11(18-12)9-15-16-13(17)8-10-4-2-1-3-5-10/h1-7,9H,8H2,(H,16,17)/b15-9+. The number of hydrogen-bond donors (Lipinski definition) is 1. The van der Waals surface area contributed by atoms with Crippen LogP contribution >= 0.6 is 22.9 Å². The summed E-state index contributed by atoms with van der Waals surface area (Å²) in [5.74, 6) is -0.139. The first-order chi connectivity index (χ1) is 8.74. The molecule has 3 nitrogen and oxygen atoms in total. The number of nitrogens with zero attached hydrogens (tertiary/aromatic N) is 1. The molecule has 0 radical (unpaired) electrons. The Bertz CT molecular complexity index is 551. The van der Waals surface area contributed by atoms with Gasteiger partial charge >= 0.3 is 0 Å². The number of carbonyl (C=O) groups is 1. The van der Waals surface area contributed by atoms with Crippen LogP contribution in [-0.2, 0) is 11.2 Å². The first-order valence-corrected chi connectivity index (χ1v) is 6.54. The van der Waals surface area contributed by atoms with E-state index in [1.165, 1.54) is 11.3 Å². The summed E-state index contributed by atoms with van der Waals surface area (Å²) in [5.41, 5.74) is 3.45. The van der Waals surface area contributed by atoms with Crippen molar-refractivity contribution in [3.8, 4) is 0 Å². The van der Waals surface area contributed by atoms with Crippen molar-refractivity contribution in [3.63, 3.8) is 0 Å². The number of hydrazone groups is 1. The molecule has 0 aliphatic carbocycles. The van der Waals surface area contributed by atoms with Crippen molar-refractivity contribution in [2.75, 3.05) is 0 Å². The number of benzene rings is 1. The fraction of sp³-hybridized carbons (Fsp3) is 0.0769. The van der Waals surface area contributed by atoms with Crippen molar-refractivity contribution >= 4 is 35.1 Å². The van der Waals surface area contributed by atoms with Gasteiger partial charge < -0.3 is 0 Å². The Morgan fingerprint density at radius 2 is 2.06 bits per heavy atom. The first kappa shape index (κ1) is 12.8. The molecule has 0 atom stereocenters. The van der Waals surface area contributed by atoms with Crippen LogP contribution in [0.5, 0.6) is 0 Å². The molecule has 18 heavy (non-hydrogen) atoms. The number of halogens is 1. The number of carbonyl (C=O) groups excluding carboxylic acids is 1. The molecule has 1 aromatic carbocycles. The van der Waals surface area contributed by atoms with E-state index in [1.54, 1.807) is 12.3 Å². The first-order valence-electron chi connectivity index (χ1n) is 5.35. The molecule has 1 N–H and O–H groups in total. The molecule has 1 aromatic heterocycles. The summed E-state index contributed by atoms with van der Waals surface area (Å²) in [6.45, 7) is 0. The fourth-order valence-electron chi connectivity index (χ4n) is 1.39. The largest absolute Gasteiger partial charge is 0.273 e.